The molecule has 0 bridgehead atoms. The molecule has 118 valence electrons. The number of benzene rings is 1. The number of aryl methyl sites for hydroxylation is 1. The number of carbonyl (C=O) groups is 1. The van der Waals surface area contributed by atoms with Crippen LogP contribution in [0.3, 0.4) is 0 Å². The zero-order valence-electron chi connectivity index (χ0n) is 13.8. The Labute approximate surface area is 136 Å². The average Bonchev–Trinajstić information content (AvgIpc) is 2.92. The van der Waals surface area contributed by atoms with E-state index in [1.807, 2.05) is 64.1 Å². The van der Waals surface area contributed by atoms with Gasteiger partial charge in [-0.3, -0.25) is 4.79 Å². The predicted molar refractivity (Wildman–Crippen MR) is 90.4 cm³/mol. The van der Waals surface area contributed by atoms with Gasteiger partial charge >= 0.3 is 0 Å². The minimum Gasteiger partial charge on any atom is -0.457 e. The van der Waals surface area contributed by atoms with E-state index in [-0.39, 0.29) is 5.57 Å². The molecule has 0 aliphatic rings. The summed E-state index contributed by atoms with van der Waals surface area (Å²) in [4.78, 5) is 12.1. The largest absolute Gasteiger partial charge is 0.457 e. The molecule has 2 rings (SSSR count). The van der Waals surface area contributed by atoms with Gasteiger partial charge in [0.1, 0.15) is 23.2 Å². The maximum atomic E-state index is 12.1. The summed E-state index contributed by atoms with van der Waals surface area (Å²) in [5.41, 5.74) is 1.74. The highest BCUT2D eigenvalue weighted by molar-refractivity contribution is 6.01. The van der Waals surface area contributed by atoms with Gasteiger partial charge in [-0.05, 0) is 39.8 Å². The van der Waals surface area contributed by atoms with E-state index in [2.05, 4.69) is 5.32 Å². The Kier molecular flexibility index (Phi) is 4.71. The molecule has 0 radical (unpaired) electrons. The first kappa shape index (κ1) is 16.6. The Morgan fingerprint density at radius 1 is 1.17 bits per heavy atom. The van der Waals surface area contributed by atoms with Gasteiger partial charge in [-0.15, -0.1) is 0 Å². The number of rotatable bonds is 3. The number of nitrogens with one attached hydrogen (secondary N) is 1. The summed E-state index contributed by atoms with van der Waals surface area (Å²) in [6.45, 7) is 7.61. The van der Waals surface area contributed by atoms with Crippen molar-refractivity contribution in [1.82, 2.24) is 5.32 Å². The molecule has 0 atom stereocenters. The Hall–Kier alpha value is -2.80. The second-order valence-corrected chi connectivity index (χ2v) is 6.44. The second-order valence-electron chi connectivity index (χ2n) is 6.44. The van der Waals surface area contributed by atoms with Gasteiger partial charge in [0.05, 0.1) is 0 Å². The number of nitrogens with zero attached hydrogens (tertiary/aromatic N) is 1. The fourth-order valence-corrected chi connectivity index (χ4v) is 2.00. The lowest BCUT2D eigenvalue weighted by Crippen LogP contribution is -2.41. The van der Waals surface area contributed by atoms with Crippen LogP contribution in [0.4, 0.5) is 0 Å². The molecule has 1 heterocycles. The van der Waals surface area contributed by atoms with Crippen molar-refractivity contribution in [3.63, 3.8) is 0 Å². The first-order valence-corrected chi connectivity index (χ1v) is 7.40. The third kappa shape index (κ3) is 4.58. The third-order valence-corrected chi connectivity index (χ3v) is 3.10. The van der Waals surface area contributed by atoms with Crippen molar-refractivity contribution in [1.29, 1.82) is 5.26 Å². The fourth-order valence-electron chi connectivity index (χ4n) is 2.00. The van der Waals surface area contributed by atoms with Crippen LogP contribution < -0.4 is 5.32 Å². The lowest BCUT2D eigenvalue weighted by atomic mass is 10.1. The Morgan fingerprint density at radius 3 is 2.39 bits per heavy atom. The fraction of sp³-hybridized carbons (Fsp3) is 0.263. The van der Waals surface area contributed by atoms with E-state index < -0.39 is 11.4 Å². The zero-order valence-corrected chi connectivity index (χ0v) is 13.8. The maximum Gasteiger partial charge on any atom is 0.262 e. The summed E-state index contributed by atoms with van der Waals surface area (Å²) in [6, 6.07) is 13.4. The quantitative estimate of drug-likeness (QED) is 0.686. The highest BCUT2D eigenvalue weighted by Gasteiger charge is 2.17. The van der Waals surface area contributed by atoms with E-state index in [4.69, 9.17) is 4.42 Å². The molecular weight excluding hydrogens is 288 g/mol. The highest BCUT2D eigenvalue weighted by Crippen LogP contribution is 2.23. The second kappa shape index (κ2) is 6.53. The molecule has 1 amide bonds. The first-order valence-electron chi connectivity index (χ1n) is 7.40. The number of furan rings is 1. The molecule has 0 unspecified atom stereocenters. The Bertz CT molecular complexity index is 769. The third-order valence-electron chi connectivity index (χ3n) is 3.10. The van der Waals surface area contributed by atoms with Gasteiger partial charge in [-0.1, -0.05) is 29.8 Å². The standard InChI is InChI=1S/C19H20N2O2/c1-13-5-7-14(8-6-13)17-10-9-16(23-17)11-15(12-20)18(22)21-19(2,3)4/h5-11H,1-4H3,(H,21,22). The van der Waals surface area contributed by atoms with Crippen LogP contribution in [-0.2, 0) is 4.79 Å². The molecule has 1 N–H and O–H groups in total. The molecule has 0 aliphatic carbocycles. The molecular formula is C19H20N2O2. The van der Waals surface area contributed by atoms with Crippen molar-refractivity contribution in [2.75, 3.05) is 0 Å². The van der Waals surface area contributed by atoms with Crippen molar-refractivity contribution in [3.05, 3.63) is 53.3 Å². The van der Waals surface area contributed by atoms with Gasteiger partial charge in [0.15, 0.2) is 0 Å². The molecule has 0 saturated carbocycles. The van der Waals surface area contributed by atoms with E-state index in [9.17, 15) is 10.1 Å². The summed E-state index contributed by atoms with van der Waals surface area (Å²) in [5.74, 6) is 0.763. The van der Waals surface area contributed by atoms with Crippen LogP contribution in [0.2, 0.25) is 0 Å². The SMILES string of the molecule is Cc1ccc(-c2ccc(C=C(C#N)C(=O)NC(C)(C)C)o2)cc1. The van der Waals surface area contributed by atoms with E-state index in [1.54, 1.807) is 6.07 Å². The maximum absolute atomic E-state index is 12.1. The van der Waals surface area contributed by atoms with Gasteiger partial charge < -0.3 is 9.73 Å². The van der Waals surface area contributed by atoms with E-state index in [0.29, 0.717) is 11.5 Å². The predicted octanol–water partition coefficient (Wildman–Crippen LogP) is 4.08. The number of carbonyl (C=O) groups excluding carboxylic acids is 1. The van der Waals surface area contributed by atoms with Crippen LogP contribution in [0.15, 0.2) is 46.4 Å². The minimum absolute atomic E-state index is 0.0183. The molecule has 0 aliphatic heterocycles. The van der Waals surface area contributed by atoms with Crippen LogP contribution in [-0.4, -0.2) is 11.4 Å². The average molecular weight is 308 g/mol. The summed E-state index contributed by atoms with van der Waals surface area (Å²) in [5, 5.41) is 12.0. The summed E-state index contributed by atoms with van der Waals surface area (Å²) in [6.07, 6.45) is 1.46. The topological polar surface area (TPSA) is 66.0 Å². The van der Waals surface area contributed by atoms with E-state index >= 15 is 0 Å². The number of hydrogen-bond donors (Lipinski definition) is 1. The van der Waals surface area contributed by atoms with Gasteiger partial charge in [0.2, 0.25) is 0 Å². The highest BCUT2D eigenvalue weighted by atomic mass is 16.3. The monoisotopic (exact) mass is 308 g/mol. The normalized spacial score (nSPS) is 11.9. The van der Waals surface area contributed by atoms with Crippen molar-refractivity contribution in [3.8, 4) is 17.4 Å². The van der Waals surface area contributed by atoms with Crippen molar-refractivity contribution < 1.29 is 9.21 Å². The lowest BCUT2D eigenvalue weighted by molar-refractivity contribution is -0.118. The molecule has 4 heteroatoms. The molecule has 0 spiro atoms. The van der Waals surface area contributed by atoms with Crippen molar-refractivity contribution >= 4 is 12.0 Å². The van der Waals surface area contributed by atoms with Crippen LogP contribution in [0.5, 0.6) is 0 Å². The van der Waals surface area contributed by atoms with Crippen molar-refractivity contribution in [2.24, 2.45) is 0 Å². The Morgan fingerprint density at radius 2 is 1.83 bits per heavy atom. The zero-order chi connectivity index (χ0) is 17.0. The number of nitriles is 1. The van der Waals surface area contributed by atoms with Gasteiger partial charge in [0.25, 0.3) is 5.91 Å². The molecule has 0 fully saturated rings. The lowest BCUT2D eigenvalue weighted by Gasteiger charge is -2.19. The molecule has 0 saturated heterocycles. The van der Waals surface area contributed by atoms with Gasteiger partial charge in [-0.25, -0.2) is 0 Å². The summed E-state index contributed by atoms with van der Waals surface area (Å²) in [7, 11) is 0. The van der Waals surface area contributed by atoms with Gasteiger partial charge in [-0.2, -0.15) is 5.26 Å². The van der Waals surface area contributed by atoms with Crippen LogP contribution >= 0.6 is 0 Å². The Balaban J connectivity index is 2.23. The summed E-state index contributed by atoms with van der Waals surface area (Å²) < 4.78 is 5.71. The number of amides is 1. The van der Waals surface area contributed by atoms with E-state index in [0.717, 1.165) is 5.56 Å². The molecule has 23 heavy (non-hydrogen) atoms. The smallest absolute Gasteiger partial charge is 0.262 e. The molecule has 1 aromatic carbocycles. The van der Waals surface area contributed by atoms with E-state index in [1.165, 1.54) is 11.6 Å². The molecule has 2 aromatic rings. The van der Waals surface area contributed by atoms with Crippen LogP contribution in [0.25, 0.3) is 17.4 Å². The van der Waals surface area contributed by atoms with Crippen LogP contribution in [0.1, 0.15) is 32.1 Å². The number of hydrogen-bond acceptors (Lipinski definition) is 3. The van der Waals surface area contributed by atoms with Gasteiger partial charge in [0, 0.05) is 17.2 Å². The van der Waals surface area contributed by atoms with Crippen LogP contribution in [0, 0.1) is 18.3 Å². The minimum atomic E-state index is -0.409. The summed E-state index contributed by atoms with van der Waals surface area (Å²) >= 11 is 0. The molecule has 4 nitrogen and oxygen atoms in total. The molecule has 1 aromatic heterocycles. The van der Waals surface area contributed by atoms with Crippen molar-refractivity contribution in [2.45, 2.75) is 33.2 Å². The first-order chi connectivity index (χ1) is 10.8.